The molecule has 2 N–H and O–H groups in total. The van der Waals surface area contributed by atoms with Gasteiger partial charge in [-0.2, -0.15) is 4.98 Å². The van der Waals surface area contributed by atoms with Crippen LogP contribution in [-0.2, 0) is 10.0 Å². The number of fused-ring (bicyclic) bond motifs is 1. The van der Waals surface area contributed by atoms with Crippen molar-refractivity contribution in [2.45, 2.75) is 50.5 Å². The average molecular weight is 446 g/mol. The lowest BCUT2D eigenvalue weighted by Gasteiger charge is -2.17. The van der Waals surface area contributed by atoms with Crippen molar-refractivity contribution >= 4 is 32.7 Å². The van der Waals surface area contributed by atoms with Gasteiger partial charge in [0, 0.05) is 30.5 Å². The number of anilines is 2. The van der Waals surface area contributed by atoms with Crippen LogP contribution in [0.1, 0.15) is 44.2 Å². The highest BCUT2D eigenvalue weighted by atomic mass is 32.2. The molecular formula is C21H24FN5O3S. The molecule has 0 radical (unpaired) electrons. The molecule has 0 bridgehead atoms. The van der Waals surface area contributed by atoms with E-state index in [0.29, 0.717) is 17.8 Å². The van der Waals surface area contributed by atoms with Crippen LogP contribution in [0.15, 0.2) is 40.2 Å². The zero-order chi connectivity index (χ0) is 22.2. The summed E-state index contributed by atoms with van der Waals surface area (Å²) >= 11 is 0. The van der Waals surface area contributed by atoms with E-state index < -0.39 is 21.4 Å². The molecule has 1 aliphatic carbocycles. The summed E-state index contributed by atoms with van der Waals surface area (Å²) in [6.45, 7) is 3.78. The highest BCUT2D eigenvalue weighted by Gasteiger charge is 2.22. The van der Waals surface area contributed by atoms with E-state index in [4.69, 9.17) is 0 Å². The van der Waals surface area contributed by atoms with Crippen molar-refractivity contribution in [1.82, 2.24) is 19.3 Å². The predicted molar refractivity (Wildman–Crippen MR) is 117 cm³/mol. The van der Waals surface area contributed by atoms with Gasteiger partial charge in [0.15, 0.2) is 5.65 Å². The van der Waals surface area contributed by atoms with Gasteiger partial charge in [-0.3, -0.25) is 9.36 Å². The first kappa shape index (κ1) is 21.4. The number of hydrogen-bond donors (Lipinski definition) is 2. The van der Waals surface area contributed by atoms with E-state index in [1.54, 1.807) is 30.5 Å². The van der Waals surface area contributed by atoms with E-state index in [2.05, 4.69) is 20.0 Å². The standard InChI is InChI=1S/C21H24FN5O3S/c1-3-24-31(29,30)15-8-9-18(13(2)10-15)25-21-23-12-16-17(22)11-19(28)27(20(16)26-21)14-6-4-5-7-14/h8-12,14,24H,3-7H2,1-2H3,(H,23,25,26). The van der Waals surface area contributed by atoms with Crippen molar-refractivity contribution in [2.75, 3.05) is 11.9 Å². The van der Waals surface area contributed by atoms with E-state index >= 15 is 0 Å². The zero-order valence-corrected chi connectivity index (χ0v) is 18.2. The van der Waals surface area contributed by atoms with Gasteiger partial charge in [0.05, 0.1) is 10.3 Å². The van der Waals surface area contributed by atoms with Crippen LogP contribution in [0.2, 0.25) is 0 Å². The zero-order valence-electron chi connectivity index (χ0n) is 17.4. The molecule has 1 aromatic carbocycles. The van der Waals surface area contributed by atoms with E-state index in [1.807, 2.05) is 0 Å². The molecule has 164 valence electrons. The minimum atomic E-state index is -3.56. The highest BCUT2D eigenvalue weighted by Crippen LogP contribution is 2.31. The Morgan fingerprint density at radius 1 is 1.23 bits per heavy atom. The fourth-order valence-corrected chi connectivity index (χ4v) is 5.12. The number of pyridine rings is 1. The van der Waals surface area contributed by atoms with Crippen LogP contribution in [0.3, 0.4) is 0 Å². The number of nitrogens with zero attached hydrogens (tertiary/aromatic N) is 3. The van der Waals surface area contributed by atoms with Crippen LogP contribution in [0, 0.1) is 12.7 Å². The third kappa shape index (κ3) is 4.17. The number of benzene rings is 1. The molecule has 0 saturated heterocycles. The highest BCUT2D eigenvalue weighted by molar-refractivity contribution is 7.89. The van der Waals surface area contributed by atoms with Crippen LogP contribution in [0.25, 0.3) is 11.0 Å². The maximum Gasteiger partial charge on any atom is 0.255 e. The molecule has 10 heteroatoms. The maximum atomic E-state index is 14.4. The molecule has 0 amide bonds. The van der Waals surface area contributed by atoms with Crippen molar-refractivity contribution in [3.05, 3.63) is 52.2 Å². The number of aryl methyl sites for hydroxylation is 1. The monoisotopic (exact) mass is 445 g/mol. The van der Waals surface area contributed by atoms with Crippen molar-refractivity contribution in [3.8, 4) is 0 Å². The minimum Gasteiger partial charge on any atom is -0.324 e. The Labute approximate surface area is 179 Å². The Morgan fingerprint density at radius 2 is 1.97 bits per heavy atom. The Kier molecular flexibility index (Phi) is 5.76. The Balaban J connectivity index is 1.73. The Bertz CT molecular complexity index is 1300. The fourth-order valence-electron chi connectivity index (χ4n) is 4.00. The number of sulfonamides is 1. The van der Waals surface area contributed by atoms with Gasteiger partial charge in [-0.15, -0.1) is 0 Å². The summed E-state index contributed by atoms with van der Waals surface area (Å²) in [5, 5.41) is 3.25. The van der Waals surface area contributed by atoms with E-state index in [1.165, 1.54) is 12.3 Å². The van der Waals surface area contributed by atoms with Crippen LogP contribution < -0.4 is 15.6 Å². The van der Waals surface area contributed by atoms with Gasteiger partial charge in [-0.25, -0.2) is 22.5 Å². The first-order valence-corrected chi connectivity index (χ1v) is 11.7. The van der Waals surface area contributed by atoms with E-state index in [-0.39, 0.29) is 27.9 Å². The summed E-state index contributed by atoms with van der Waals surface area (Å²) in [5.74, 6) is -0.440. The third-order valence-electron chi connectivity index (χ3n) is 5.52. The van der Waals surface area contributed by atoms with Crippen LogP contribution in [-0.4, -0.2) is 29.5 Å². The molecule has 1 fully saturated rings. The first-order valence-electron chi connectivity index (χ1n) is 10.3. The predicted octanol–water partition coefficient (Wildman–Crippen LogP) is 3.40. The van der Waals surface area contributed by atoms with Gasteiger partial charge in [-0.05, 0) is 43.5 Å². The number of rotatable bonds is 6. The number of aromatic nitrogens is 3. The average Bonchev–Trinajstić information content (AvgIpc) is 3.23. The van der Waals surface area contributed by atoms with Crippen molar-refractivity contribution in [1.29, 1.82) is 0 Å². The lowest BCUT2D eigenvalue weighted by Crippen LogP contribution is -2.25. The molecule has 1 aliphatic rings. The summed E-state index contributed by atoms with van der Waals surface area (Å²) < 4.78 is 42.8. The van der Waals surface area contributed by atoms with E-state index in [9.17, 15) is 17.6 Å². The maximum absolute atomic E-state index is 14.4. The molecule has 0 atom stereocenters. The number of hydrogen-bond acceptors (Lipinski definition) is 6. The molecule has 8 nitrogen and oxygen atoms in total. The second-order valence-corrected chi connectivity index (χ2v) is 9.44. The smallest absolute Gasteiger partial charge is 0.255 e. The Hall–Kier alpha value is -2.85. The Morgan fingerprint density at radius 3 is 2.65 bits per heavy atom. The van der Waals surface area contributed by atoms with Crippen LogP contribution in [0.5, 0.6) is 0 Å². The summed E-state index contributed by atoms with van der Waals surface area (Å²) in [7, 11) is -3.56. The van der Waals surface area contributed by atoms with Crippen molar-refractivity contribution in [3.63, 3.8) is 0 Å². The second-order valence-electron chi connectivity index (χ2n) is 7.67. The first-order chi connectivity index (χ1) is 14.8. The molecular weight excluding hydrogens is 421 g/mol. The third-order valence-corrected chi connectivity index (χ3v) is 7.06. The molecule has 0 spiro atoms. The molecule has 2 aromatic heterocycles. The molecule has 3 aromatic rings. The van der Waals surface area contributed by atoms with Gasteiger partial charge in [0.2, 0.25) is 16.0 Å². The van der Waals surface area contributed by atoms with Gasteiger partial charge < -0.3 is 5.32 Å². The largest absolute Gasteiger partial charge is 0.324 e. The lowest BCUT2D eigenvalue weighted by atomic mass is 10.2. The van der Waals surface area contributed by atoms with Crippen molar-refractivity contribution in [2.24, 2.45) is 0 Å². The summed E-state index contributed by atoms with van der Waals surface area (Å²) in [6.07, 6.45) is 5.12. The minimum absolute atomic E-state index is 0.00404. The molecule has 0 unspecified atom stereocenters. The summed E-state index contributed by atoms with van der Waals surface area (Å²) in [5.41, 5.74) is 1.14. The fraction of sp³-hybridized carbons (Fsp3) is 0.381. The number of halogens is 1. The van der Waals surface area contributed by atoms with Crippen molar-refractivity contribution < 1.29 is 12.8 Å². The SMILES string of the molecule is CCNS(=O)(=O)c1ccc(Nc2ncc3c(F)cc(=O)n(C4CCCC4)c3n2)c(C)c1. The lowest BCUT2D eigenvalue weighted by molar-refractivity contribution is 0.510. The second kappa shape index (κ2) is 8.35. The number of nitrogens with one attached hydrogen (secondary N) is 2. The quantitative estimate of drug-likeness (QED) is 0.602. The van der Waals surface area contributed by atoms with E-state index in [0.717, 1.165) is 31.7 Å². The topological polar surface area (TPSA) is 106 Å². The molecule has 31 heavy (non-hydrogen) atoms. The molecule has 0 aliphatic heterocycles. The van der Waals surface area contributed by atoms with Crippen LogP contribution >= 0.6 is 0 Å². The molecule has 2 heterocycles. The normalized spacial score (nSPS) is 14.9. The van der Waals surface area contributed by atoms with Gasteiger partial charge in [-0.1, -0.05) is 19.8 Å². The molecule has 4 rings (SSSR count). The summed E-state index contributed by atoms with van der Waals surface area (Å²) in [6, 6.07) is 5.65. The summed E-state index contributed by atoms with van der Waals surface area (Å²) in [4.78, 5) is 21.3. The van der Waals surface area contributed by atoms with Gasteiger partial charge in [0.1, 0.15) is 5.82 Å². The molecule has 1 saturated carbocycles. The van der Waals surface area contributed by atoms with Gasteiger partial charge >= 0.3 is 0 Å². The van der Waals surface area contributed by atoms with Gasteiger partial charge in [0.25, 0.3) is 5.56 Å². The van der Waals surface area contributed by atoms with Crippen LogP contribution in [0.4, 0.5) is 16.0 Å².